The molecule has 2 aromatic heterocycles. The van der Waals surface area contributed by atoms with Crippen LogP contribution in [0.3, 0.4) is 0 Å². The smallest absolute Gasteiger partial charge is 0.291 e. The van der Waals surface area contributed by atoms with Crippen LogP contribution in [-0.4, -0.2) is 35.1 Å². The number of thioether (sulfide) groups is 1. The number of rotatable bonds is 5. The topological polar surface area (TPSA) is 84.9 Å². The maximum Gasteiger partial charge on any atom is 0.291 e. The van der Waals surface area contributed by atoms with E-state index in [0.717, 1.165) is 5.56 Å². The van der Waals surface area contributed by atoms with Crippen molar-refractivity contribution in [3.63, 3.8) is 0 Å². The normalized spacial score (nSPS) is 20.7. The summed E-state index contributed by atoms with van der Waals surface area (Å²) >= 11 is 1.49. The van der Waals surface area contributed by atoms with Crippen LogP contribution < -0.4 is 5.48 Å². The van der Waals surface area contributed by atoms with E-state index in [-0.39, 0.29) is 22.9 Å². The van der Waals surface area contributed by atoms with E-state index in [9.17, 15) is 9.59 Å². The molecule has 7 nitrogen and oxygen atoms in total. The van der Waals surface area contributed by atoms with E-state index in [0.29, 0.717) is 12.4 Å². The van der Waals surface area contributed by atoms with Gasteiger partial charge in [0.05, 0.1) is 25.4 Å². The molecule has 2 atom stereocenters. The first-order chi connectivity index (χ1) is 11.2. The summed E-state index contributed by atoms with van der Waals surface area (Å²) in [5, 5.41) is -0.316. The molecule has 23 heavy (non-hydrogen) atoms. The van der Waals surface area contributed by atoms with Crippen molar-refractivity contribution < 1.29 is 23.3 Å². The summed E-state index contributed by atoms with van der Waals surface area (Å²) in [6.45, 7) is 2.12. The lowest BCUT2D eigenvalue weighted by Crippen LogP contribution is -2.47. The molecule has 0 spiro atoms. The quantitative estimate of drug-likeness (QED) is 0.843. The van der Waals surface area contributed by atoms with Gasteiger partial charge in [0.2, 0.25) is 0 Å². The minimum atomic E-state index is -0.649. The average Bonchev–Trinajstić information content (AvgIpc) is 3.32. The van der Waals surface area contributed by atoms with Crippen LogP contribution in [0.2, 0.25) is 0 Å². The molecular weight excluding hydrogens is 320 g/mol. The fourth-order valence-corrected chi connectivity index (χ4v) is 3.77. The Morgan fingerprint density at radius 3 is 2.96 bits per heavy atom. The average molecular weight is 336 g/mol. The highest BCUT2D eigenvalue weighted by molar-refractivity contribution is 7.99. The predicted octanol–water partition coefficient (Wildman–Crippen LogP) is 2.20. The van der Waals surface area contributed by atoms with Crippen LogP contribution in [0.5, 0.6) is 0 Å². The Morgan fingerprint density at radius 2 is 2.30 bits per heavy atom. The molecule has 3 heterocycles. The van der Waals surface area contributed by atoms with Gasteiger partial charge < -0.3 is 13.7 Å². The summed E-state index contributed by atoms with van der Waals surface area (Å²) in [6, 6.07) is 4.35. The van der Waals surface area contributed by atoms with Crippen LogP contribution >= 0.6 is 11.8 Å². The highest BCUT2D eigenvalue weighted by Gasteiger charge is 2.43. The van der Waals surface area contributed by atoms with E-state index in [2.05, 4.69) is 5.48 Å². The fourth-order valence-electron chi connectivity index (χ4n) is 2.37. The van der Waals surface area contributed by atoms with E-state index in [1.54, 1.807) is 37.6 Å². The first-order valence-corrected chi connectivity index (χ1v) is 8.18. The minimum Gasteiger partial charge on any atom is -0.472 e. The number of nitrogens with one attached hydrogen (secondary N) is 1. The molecule has 1 N–H and O–H groups in total. The van der Waals surface area contributed by atoms with Crippen molar-refractivity contribution >= 4 is 23.6 Å². The summed E-state index contributed by atoms with van der Waals surface area (Å²) < 4.78 is 10.3. The highest BCUT2D eigenvalue weighted by Crippen LogP contribution is 2.42. The molecule has 3 rings (SSSR count). The largest absolute Gasteiger partial charge is 0.472 e. The molecule has 0 aliphatic carbocycles. The van der Waals surface area contributed by atoms with Gasteiger partial charge in [-0.1, -0.05) is 0 Å². The SMILES string of the molecule is CCONC(=O)C1CSC(c2ccoc2)N1C(=O)c1ccco1. The summed E-state index contributed by atoms with van der Waals surface area (Å²) in [5.41, 5.74) is 3.19. The third-order valence-corrected chi connectivity index (χ3v) is 4.74. The monoisotopic (exact) mass is 336 g/mol. The molecular formula is C15H16N2O5S. The maximum atomic E-state index is 12.8. The van der Waals surface area contributed by atoms with Crippen LogP contribution in [0.4, 0.5) is 0 Å². The molecule has 1 saturated heterocycles. The summed E-state index contributed by atoms with van der Waals surface area (Å²) in [5.74, 6) is -0.0513. The van der Waals surface area contributed by atoms with Crippen molar-refractivity contribution in [2.24, 2.45) is 0 Å². The number of furan rings is 2. The molecule has 0 bridgehead atoms. The molecule has 0 aromatic carbocycles. The number of nitrogens with zero attached hydrogens (tertiary/aromatic N) is 1. The van der Waals surface area contributed by atoms with Crippen LogP contribution in [0, 0.1) is 0 Å². The zero-order valence-corrected chi connectivity index (χ0v) is 13.2. The van der Waals surface area contributed by atoms with Crippen LogP contribution in [0.25, 0.3) is 0 Å². The van der Waals surface area contributed by atoms with Crippen LogP contribution in [-0.2, 0) is 9.63 Å². The Labute approximate surface area is 136 Å². The first kappa shape index (κ1) is 15.7. The number of amides is 2. The Kier molecular flexibility index (Phi) is 4.73. The van der Waals surface area contributed by atoms with E-state index in [1.807, 2.05) is 0 Å². The number of carbonyl (C=O) groups excluding carboxylic acids is 2. The second kappa shape index (κ2) is 6.93. The molecule has 1 fully saturated rings. The first-order valence-electron chi connectivity index (χ1n) is 7.14. The highest BCUT2D eigenvalue weighted by atomic mass is 32.2. The van der Waals surface area contributed by atoms with Gasteiger partial charge in [-0.25, -0.2) is 5.48 Å². The second-order valence-corrected chi connectivity index (χ2v) is 5.96. The fraction of sp³-hybridized carbons (Fsp3) is 0.333. The van der Waals surface area contributed by atoms with Crippen molar-refractivity contribution in [1.29, 1.82) is 0 Å². The number of hydrogen-bond acceptors (Lipinski definition) is 6. The minimum absolute atomic E-state index is 0.190. The van der Waals surface area contributed by atoms with Crippen LogP contribution in [0.15, 0.2) is 45.8 Å². The Bertz CT molecular complexity index is 655. The van der Waals surface area contributed by atoms with Crippen molar-refractivity contribution in [2.45, 2.75) is 18.3 Å². The molecule has 1 aliphatic rings. The molecule has 0 radical (unpaired) electrons. The lowest BCUT2D eigenvalue weighted by atomic mass is 10.2. The van der Waals surface area contributed by atoms with Gasteiger partial charge in [-0.2, -0.15) is 0 Å². The number of hydrogen-bond donors (Lipinski definition) is 1. The van der Waals surface area contributed by atoms with Crippen molar-refractivity contribution in [3.8, 4) is 0 Å². The van der Waals surface area contributed by atoms with Gasteiger partial charge in [0.15, 0.2) is 5.76 Å². The van der Waals surface area contributed by atoms with Gasteiger partial charge in [-0.3, -0.25) is 14.4 Å². The zero-order chi connectivity index (χ0) is 16.2. The van der Waals surface area contributed by atoms with E-state index >= 15 is 0 Å². The predicted molar refractivity (Wildman–Crippen MR) is 82.3 cm³/mol. The Hall–Kier alpha value is -2.19. The molecule has 2 amide bonds. The Morgan fingerprint density at radius 1 is 1.43 bits per heavy atom. The van der Waals surface area contributed by atoms with E-state index in [1.165, 1.54) is 22.9 Å². The summed E-state index contributed by atoms with van der Waals surface area (Å²) in [4.78, 5) is 31.5. The van der Waals surface area contributed by atoms with Gasteiger partial charge in [0.1, 0.15) is 11.4 Å². The van der Waals surface area contributed by atoms with E-state index in [4.69, 9.17) is 13.7 Å². The molecule has 122 valence electrons. The van der Waals surface area contributed by atoms with Gasteiger partial charge in [-0.15, -0.1) is 11.8 Å². The lowest BCUT2D eigenvalue weighted by molar-refractivity contribution is -0.137. The van der Waals surface area contributed by atoms with Gasteiger partial charge in [0, 0.05) is 11.3 Å². The lowest BCUT2D eigenvalue weighted by Gasteiger charge is -2.27. The Balaban J connectivity index is 1.87. The third-order valence-electron chi connectivity index (χ3n) is 3.41. The molecule has 8 heteroatoms. The van der Waals surface area contributed by atoms with Gasteiger partial charge in [0.25, 0.3) is 11.8 Å². The molecule has 2 aromatic rings. The third kappa shape index (κ3) is 3.13. The van der Waals surface area contributed by atoms with Gasteiger partial charge in [-0.05, 0) is 25.1 Å². The van der Waals surface area contributed by atoms with Crippen molar-refractivity contribution in [2.75, 3.05) is 12.4 Å². The second-order valence-electron chi connectivity index (χ2n) is 4.85. The van der Waals surface area contributed by atoms with E-state index < -0.39 is 6.04 Å². The number of hydroxylamine groups is 1. The maximum absolute atomic E-state index is 12.8. The van der Waals surface area contributed by atoms with Crippen molar-refractivity contribution in [1.82, 2.24) is 10.4 Å². The molecule has 2 unspecified atom stereocenters. The van der Waals surface area contributed by atoms with Gasteiger partial charge >= 0.3 is 0 Å². The van der Waals surface area contributed by atoms with Crippen molar-refractivity contribution in [3.05, 3.63) is 48.3 Å². The standard InChI is InChI=1S/C15H16N2O5S/c1-2-22-16-13(18)11-9-23-15(10-5-7-20-8-10)17(11)14(19)12-4-3-6-21-12/h3-8,11,15H,2,9H2,1H3,(H,16,18). The number of carbonyl (C=O) groups is 2. The molecule has 1 aliphatic heterocycles. The summed E-state index contributed by atoms with van der Waals surface area (Å²) in [6.07, 6.45) is 4.54. The summed E-state index contributed by atoms with van der Waals surface area (Å²) in [7, 11) is 0. The molecule has 0 saturated carbocycles. The zero-order valence-electron chi connectivity index (χ0n) is 12.4. The van der Waals surface area contributed by atoms with Crippen LogP contribution in [0.1, 0.15) is 28.4 Å².